The van der Waals surface area contributed by atoms with E-state index in [4.69, 9.17) is 4.74 Å². The van der Waals surface area contributed by atoms with Crippen molar-refractivity contribution in [2.75, 3.05) is 7.11 Å². The monoisotopic (exact) mass is 222 g/mol. The lowest BCUT2D eigenvalue weighted by atomic mass is 9.94. The zero-order chi connectivity index (χ0) is 11.6. The molecule has 0 heterocycles. The molecule has 0 atom stereocenters. The lowest BCUT2D eigenvalue weighted by molar-refractivity contribution is 0.0599. The number of rotatable bonds is 2. The summed E-state index contributed by atoms with van der Waals surface area (Å²) >= 11 is 0. The van der Waals surface area contributed by atoms with Gasteiger partial charge in [-0.3, -0.25) is 0 Å². The van der Waals surface area contributed by atoms with Crippen molar-refractivity contribution in [3.8, 4) is 0 Å². The second-order valence-electron chi connectivity index (χ2n) is 3.81. The van der Waals surface area contributed by atoms with Gasteiger partial charge < -0.3 is 4.74 Å². The maximum Gasteiger partial charge on any atom is 0.338 e. The van der Waals surface area contributed by atoms with E-state index in [0.29, 0.717) is 5.56 Å². The molecule has 0 aliphatic carbocycles. The van der Waals surface area contributed by atoms with Crippen LogP contribution in [0.2, 0.25) is 0 Å². The highest BCUT2D eigenvalue weighted by Crippen LogP contribution is 2.22. The molecule has 0 amide bonds. The first kappa shape index (κ1) is 12.0. The number of hydrogen-bond acceptors (Lipinski definition) is 2. The Balaban J connectivity index is 3.40. The third-order valence-electron chi connectivity index (χ3n) is 3.01. The normalized spacial score (nSPS) is 10.4. The Kier molecular flexibility index (Phi) is 3.69. The van der Waals surface area contributed by atoms with E-state index in [-0.39, 0.29) is 5.97 Å². The number of methoxy groups -OCH3 is 1. The van der Waals surface area contributed by atoms with E-state index in [9.17, 15) is 4.79 Å². The summed E-state index contributed by atoms with van der Waals surface area (Å²) in [4.78, 5) is 11.5. The quantitative estimate of drug-likeness (QED) is 0.556. The van der Waals surface area contributed by atoms with Gasteiger partial charge in [-0.2, -0.15) is 0 Å². The van der Waals surface area contributed by atoms with Gasteiger partial charge in [-0.05, 0) is 55.1 Å². The minimum absolute atomic E-state index is 0.237. The van der Waals surface area contributed by atoms with E-state index in [1.54, 1.807) is 0 Å². The lowest BCUT2D eigenvalue weighted by Crippen LogP contribution is -2.08. The van der Waals surface area contributed by atoms with Crippen molar-refractivity contribution >= 4 is 16.2 Å². The number of hydrogen-bond donors (Lipinski definition) is 0. The van der Waals surface area contributed by atoms with Crippen molar-refractivity contribution in [1.82, 2.24) is 0 Å². The zero-order valence-corrected chi connectivity index (χ0v) is 12.1. The van der Waals surface area contributed by atoms with Crippen LogP contribution in [-0.4, -0.2) is 23.3 Å². The molecule has 3 heteroatoms. The Hall–Kier alpha value is -1.09. The first-order valence-electron chi connectivity index (χ1n) is 5.20. The van der Waals surface area contributed by atoms with E-state index in [2.05, 4.69) is 13.8 Å². The third kappa shape index (κ3) is 2.12. The SMILES string of the molecule is COC(=O)c1cc(C)c(C[SiH3])c(C)c1C. The Bertz CT molecular complexity index is 397. The first-order valence-corrected chi connectivity index (χ1v) is 6.62. The summed E-state index contributed by atoms with van der Waals surface area (Å²) in [6.07, 6.45) is 0. The van der Waals surface area contributed by atoms with Crippen molar-refractivity contribution < 1.29 is 9.53 Å². The molecule has 0 unspecified atom stereocenters. The van der Waals surface area contributed by atoms with Gasteiger partial charge in [0.15, 0.2) is 0 Å². The maximum absolute atomic E-state index is 11.5. The maximum atomic E-state index is 11.5. The number of ether oxygens (including phenoxy) is 1. The average molecular weight is 222 g/mol. The average Bonchev–Trinajstić information content (AvgIpc) is 2.23. The minimum Gasteiger partial charge on any atom is -0.465 e. The van der Waals surface area contributed by atoms with Gasteiger partial charge in [0.25, 0.3) is 0 Å². The molecule has 0 spiro atoms. The summed E-state index contributed by atoms with van der Waals surface area (Å²) in [6, 6.07) is 3.08. The largest absolute Gasteiger partial charge is 0.465 e. The van der Waals surface area contributed by atoms with Gasteiger partial charge in [-0.1, -0.05) is 0 Å². The first-order chi connectivity index (χ1) is 7.02. The van der Waals surface area contributed by atoms with Crippen molar-refractivity contribution in [1.29, 1.82) is 0 Å². The van der Waals surface area contributed by atoms with Crippen molar-refractivity contribution in [2.24, 2.45) is 0 Å². The molecule has 2 nitrogen and oxygen atoms in total. The molecule has 1 rings (SSSR count). The molecule has 1 aromatic rings. The standard InChI is InChI=1S/C12H18O2Si/c1-7-5-10(12(13)14-4)8(2)9(3)11(7)6-15/h5H,6H2,1-4,15H3. The van der Waals surface area contributed by atoms with E-state index in [1.165, 1.54) is 23.8 Å². The second-order valence-corrected chi connectivity index (χ2v) is 4.52. The molecule has 0 aliphatic heterocycles. The Labute approximate surface area is 94.1 Å². The van der Waals surface area contributed by atoms with Crippen LogP contribution in [0.15, 0.2) is 6.07 Å². The van der Waals surface area contributed by atoms with Gasteiger partial charge in [0.1, 0.15) is 0 Å². The van der Waals surface area contributed by atoms with Crippen LogP contribution in [0.5, 0.6) is 0 Å². The van der Waals surface area contributed by atoms with Crippen molar-refractivity contribution in [2.45, 2.75) is 26.8 Å². The Morgan fingerprint density at radius 3 is 2.40 bits per heavy atom. The predicted octanol–water partition coefficient (Wildman–Crippen LogP) is 1.26. The van der Waals surface area contributed by atoms with Crippen LogP contribution < -0.4 is 0 Å². The second kappa shape index (κ2) is 4.62. The molecule has 0 N–H and O–H groups in total. The fraction of sp³-hybridized carbons (Fsp3) is 0.417. The highest BCUT2D eigenvalue weighted by molar-refractivity contribution is 6.08. The summed E-state index contributed by atoms with van der Waals surface area (Å²) in [7, 11) is 2.57. The van der Waals surface area contributed by atoms with E-state index in [1.807, 2.05) is 13.0 Å². The number of carbonyl (C=O) groups excluding carboxylic acids is 1. The van der Waals surface area contributed by atoms with Crippen LogP contribution in [0.1, 0.15) is 32.6 Å². The van der Waals surface area contributed by atoms with Crippen LogP contribution >= 0.6 is 0 Å². The fourth-order valence-electron chi connectivity index (χ4n) is 2.00. The molecule has 15 heavy (non-hydrogen) atoms. The van der Waals surface area contributed by atoms with E-state index >= 15 is 0 Å². The molecule has 0 bridgehead atoms. The summed E-state index contributed by atoms with van der Waals surface area (Å²) in [5.74, 6) is -0.237. The topological polar surface area (TPSA) is 26.3 Å². The number of esters is 1. The molecule has 0 aromatic heterocycles. The summed E-state index contributed by atoms with van der Waals surface area (Å²) in [5.41, 5.74) is 5.59. The highest BCUT2D eigenvalue weighted by Gasteiger charge is 2.14. The van der Waals surface area contributed by atoms with E-state index < -0.39 is 0 Å². The summed E-state index contributed by atoms with van der Waals surface area (Å²) < 4.78 is 4.77. The van der Waals surface area contributed by atoms with Crippen LogP contribution in [-0.2, 0) is 10.8 Å². The van der Waals surface area contributed by atoms with Gasteiger partial charge in [-0.25, -0.2) is 4.79 Å². The molecule has 1 aromatic carbocycles. The molecule has 0 saturated carbocycles. The van der Waals surface area contributed by atoms with Gasteiger partial charge in [0.2, 0.25) is 0 Å². The smallest absolute Gasteiger partial charge is 0.338 e. The number of carbonyl (C=O) groups is 1. The summed E-state index contributed by atoms with van der Waals surface area (Å²) in [5, 5.41) is 0. The Morgan fingerprint density at radius 2 is 1.93 bits per heavy atom. The number of benzene rings is 1. The molecular formula is C12H18O2Si. The third-order valence-corrected chi connectivity index (χ3v) is 3.72. The predicted molar refractivity (Wildman–Crippen MR) is 65.6 cm³/mol. The van der Waals surface area contributed by atoms with Gasteiger partial charge in [0.05, 0.1) is 12.7 Å². The lowest BCUT2D eigenvalue weighted by Gasteiger charge is -2.14. The molecular weight excluding hydrogens is 204 g/mol. The number of aryl methyl sites for hydroxylation is 1. The van der Waals surface area contributed by atoms with Crippen molar-refractivity contribution in [3.63, 3.8) is 0 Å². The molecule has 0 fully saturated rings. The van der Waals surface area contributed by atoms with Crippen LogP contribution in [0.3, 0.4) is 0 Å². The van der Waals surface area contributed by atoms with Crippen LogP contribution in [0.4, 0.5) is 0 Å². The molecule has 0 radical (unpaired) electrons. The zero-order valence-electron chi connectivity index (χ0n) is 10.1. The summed E-state index contributed by atoms with van der Waals surface area (Å²) in [6.45, 7) is 6.13. The van der Waals surface area contributed by atoms with Gasteiger partial charge in [0, 0.05) is 10.2 Å². The fourth-order valence-corrected chi connectivity index (χ4v) is 3.09. The molecule has 0 saturated heterocycles. The van der Waals surface area contributed by atoms with E-state index in [0.717, 1.165) is 21.9 Å². The highest BCUT2D eigenvalue weighted by atomic mass is 28.1. The van der Waals surface area contributed by atoms with Gasteiger partial charge in [-0.15, -0.1) is 0 Å². The minimum atomic E-state index is -0.237. The Morgan fingerprint density at radius 1 is 1.33 bits per heavy atom. The van der Waals surface area contributed by atoms with Gasteiger partial charge >= 0.3 is 5.97 Å². The van der Waals surface area contributed by atoms with Crippen LogP contribution in [0.25, 0.3) is 0 Å². The molecule has 0 aliphatic rings. The van der Waals surface area contributed by atoms with Crippen LogP contribution in [0, 0.1) is 20.8 Å². The van der Waals surface area contributed by atoms with Crippen molar-refractivity contribution in [3.05, 3.63) is 33.9 Å². The molecule has 82 valence electrons.